The Bertz CT molecular complexity index is 345. The van der Waals surface area contributed by atoms with Crippen LogP contribution in [0.3, 0.4) is 0 Å². The lowest BCUT2D eigenvalue weighted by Gasteiger charge is -2.15. The van der Waals surface area contributed by atoms with Gasteiger partial charge in [-0.1, -0.05) is 34.8 Å². The molecule has 0 bridgehead atoms. The highest BCUT2D eigenvalue weighted by molar-refractivity contribution is 6.44. The fourth-order valence-corrected chi connectivity index (χ4v) is 2.59. The van der Waals surface area contributed by atoms with Crippen molar-refractivity contribution >= 4 is 34.8 Å². The van der Waals surface area contributed by atoms with Crippen molar-refractivity contribution in [1.82, 2.24) is 5.32 Å². The maximum atomic E-state index is 6.12. The van der Waals surface area contributed by atoms with Crippen molar-refractivity contribution in [1.29, 1.82) is 0 Å². The first-order valence-corrected chi connectivity index (χ1v) is 5.70. The first kappa shape index (κ1) is 10.6. The van der Waals surface area contributed by atoms with E-state index in [1.165, 1.54) is 0 Å². The van der Waals surface area contributed by atoms with Crippen LogP contribution < -0.4 is 5.32 Å². The van der Waals surface area contributed by atoms with Gasteiger partial charge in [0.05, 0.1) is 10.0 Å². The Morgan fingerprint density at radius 3 is 2.50 bits per heavy atom. The van der Waals surface area contributed by atoms with E-state index in [1.54, 1.807) is 12.1 Å². The van der Waals surface area contributed by atoms with E-state index in [0.717, 1.165) is 24.9 Å². The van der Waals surface area contributed by atoms with Crippen molar-refractivity contribution in [2.75, 3.05) is 6.54 Å². The van der Waals surface area contributed by atoms with E-state index in [0.29, 0.717) is 15.1 Å². The molecule has 1 saturated heterocycles. The Balaban J connectivity index is 2.44. The number of nitrogens with one attached hydrogen (secondary N) is 1. The highest BCUT2D eigenvalue weighted by Gasteiger charge is 2.22. The first-order chi connectivity index (χ1) is 6.70. The third kappa shape index (κ3) is 1.87. The Labute approximate surface area is 98.3 Å². The minimum atomic E-state index is 0.258. The molecule has 4 heteroatoms. The van der Waals surface area contributed by atoms with Gasteiger partial charge >= 0.3 is 0 Å². The van der Waals surface area contributed by atoms with E-state index in [1.807, 2.05) is 0 Å². The van der Waals surface area contributed by atoms with Crippen molar-refractivity contribution in [3.63, 3.8) is 0 Å². The zero-order valence-electron chi connectivity index (χ0n) is 7.49. The van der Waals surface area contributed by atoms with Crippen molar-refractivity contribution in [3.8, 4) is 0 Å². The fourth-order valence-electron chi connectivity index (χ4n) is 1.79. The topological polar surface area (TPSA) is 12.0 Å². The van der Waals surface area contributed by atoms with Crippen LogP contribution in [0.5, 0.6) is 0 Å². The molecule has 1 atom stereocenters. The summed E-state index contributed by atoms with van der Waals surface area (Å²) in [7, 11) is 0. The minimum absolute atomic E-state index is 0.258. The Hall–Kier alpha value is 0.0500. The van der Waals surface area contributed by atoms with Gasteiger partial charge in [-0.3, -0.25) is 0 Å². The second-order valence-corrected chi connectivity index (χ2v) is 4.60. The monoisotopic (exact) mass is 249 g/mol. The molecule has 0 amide bonds. The van der Waals surface area contributed by atoms with Crippen molar-refractivity contribution in [2.45, 2.75) is 18.9 Å². The van der Waals surface area contributed by atoms with Crippen LogP contribution in [0, 0.1) is 0 Å². The van der Waals surface area contributed by atoms with Gasteiger partial charge in [-0.05, 0) is 31.5 Å². The molecule has 0 saturated carbocycles. The third-order valence-electron chi connectivity index (χ3n) is 2.49. The van der Waals surface area contributed by atoms with E-state index >= 15 is 0 Å². The zero-order valence-corrected chi connectivity index (χ0v) is 9.76. The lowest BCUT2D eigenvalue weighted by atomic mass is 10.1. The zero-order chi connectivity index (χ0) is 10.1. The molecule has 0 unspecified atom stereocenters. The highest BCUT2D eigenvalue weighted by atomic mass is 35.5. The quantitative estimate of drug-likeness (QED) is 0.741. The van der Waals surface area contributed by atoms with Gasteiger partial charge in [0.25, 0.3) is 0 Å². The third-order valence-corrected chi connectivity index (χ3v) is 3.64. The Kier molecular flexibility index (Phi) is 3.23. The van der Waals surface area contributed by atoms with Crippen LogP contribution in [0.4, 0.5) is 0 Å². The van der Waals surface area contributed by atoms with E-state index < -0.39 is 0 Å². The van der Waals surface area contributed by atoms with Gasteiger partial charge in [0.2, 0.25) is 0 Å². The van der Waals surface area contributed by atoms with Crippen LogP contribution in [0.15, 0.2) is 12.1 Å². The van der Waals surface area contributed by atoms with E-state index in [4.69, 9.17) is 34.8 Å². The summed E-state index contributed by atoms with van der Waals surface area (Å²) in [5, 5.41) is 5.20. The molecule has 1 nitrogen and oxygen atoms in total. The lowest BCUT2D eigenvalue weighted by Crippen LogP contribution is -2.13. The summed E-state index contributed by atoms with van der Waals surface area (Å²) in [5.41, 5.74) is 0.943. The molecule has 1 fully saturated rings. The normalized spacial score (nSPS) is 21.5. The highest BCUT2D eigenvalue weighted by Crippen LogP contribution is 2.38. The summed E-state index contributed by atoms with van der Waals surface area (Å²) >= 11 is 18.2. The van der Waals surface area contributed by atoms with Crippen LogP contribution in [0.2, 0.25) is 15.1 Å². The summed E-state index contributed by atoms with van der Waals surface area (Å²) in [6, 6.07) is 3.78. The van der Waals surface area contributed by atoms with Gasteiger partial charge < -0.3 is 5.32 Å². The maximum Gasteiger partial charge on any atom is 0.0655 e. The predicted molar refractivity (Wildman–Crippen MR) is 61.4 cm³/mol. The van der Waals surface area contributed by atoms with Gasteiger partial charge in [0.1, 0.15) is 0 Å². The molecule has 0 spiro atoms. The number of hydrogen-bond acceptors (Lipinski definition) is 1. The standard InChI is InChI=1S/C10H10Cl3N/c11-6-3-4-7(12)10(13)9(6)8-2-1-5-14-8/h3-4,8,14H,1-2,5H2/t8-/m1/s1. The van der Waals surface area contributed by atoms with Gasteiger partial charge in [-0.15, -0.1) is 0 Å². The SMILES string of the molecule is Clc1ccc(Cl)c([C@H]2CCCN2)c1Cl. The molecule has 14 heavy (non-hydrogen) atoms. The van der Waals surface area contributed by atoms with Crippen molar-refractivity contribution in [2.24, 2.45) is 0 Å². The molecular weight excluding hydrogens is 240 g/mol. The average molecular weight is 251 g/mol. The second-order valence-electron chi connectivity index (χ2n) is 3.41. The van der Waals surface area contributed by atoms with Crippen LogP contribution in [-0.4, -0.2) is 6.54 Å². The van der Waals surface area contributed by atoms with Crippen LogP contribution in [-0.2, 0) is 0 Å². The minimum Gasteiger partial charge on any atom is -0.310 e. The van der Waals surface area contributed by atoms with Gasteiger partial charge in [0.15, 0.2) is 0 Å². The Morgan fingerprint density at radius 1 is 1.14 bits per heavy atom. The summed E-state index contributed by atoms with van der Waals surface area (Å²) in [5.74, 6) is 0. The van der Waals surface area contributed by atoms with Crippen LogP contribution >= 0.6 is 34.8 Å². The molecule has 0 radical (unpaired) electrons. The van der Waals surface area contributed by atoms with Gasteiger partial charge in [-0.25, -0.2) is 0 Å². The van der Waals surface area contributed by atoms with Crippen molar-refractivity contribution < 1.29 is 0 Å². The fraction of sp³-hybridized carbons (Fsp3) is 0.400. The average Bonchev–Trinajstić information content (AvgIpc) is 2.65. The number of hydrogen-bond donors (Lipinski definition) is 1. The predicted octanol–water partition coefficient (Wildman–Crippen LogP) is 4.07. The van der Waals surface area contributed by atoms with Gasteiger partial charge in [-0.2, -0.15) is 0 Å². The molecule has 1 aromatic rings. The molecule has 2 rings (SSSR count). The number of benzene rings is 1. The Morgan fingerprint density at radius 2 is 1.86 bits per heavy atom. The summed E-state index contributed by atoms with van der Waals surface area (Å²) < 4.78 is 0. The van der Waals surface area contributed by atoms with E-state index in [-0.39, 0.29) is 6.04 Å². The summed E-state index contributed by atoms with van der Waals surface area (Å²) in [6.45, 7) is 1.02. The molecule has 1 aliphatic rings. The maximum absolute atomic E-state index is 6.12. The lowest BCUT2D eigenvalue weighted by molar-refractivity contribution is 0.648. The smallest absolute Gasteiger partial charge is 0.0655 e. The summed E-state index contributed by atoms with van der Waals surface area (Å²) in [6.07, 6.45) is 2.23. The summed E-state index contributed by atoms with van der Waals surface area (Å²) in [4.78, 5) is 0. The van der Waals surface area contributed by atoms with E-state index in [2.05, 4.69) is 5.32 Å². The number of rotatable bonds is 1. The number of halogens is 3. The van der Waals surface area contributed by atoms with Gasteiger partial charge in [0, 0.05) is 16.6 Å². The van der Waals surface area contributed by atoms with Crippen LogP contribution in [0.25, 0.3) is 0 Å². The molecule has 0 aromatic heterocycles. The van der Waals surface area contributed by atoms with E-state index in [9.17, 15) is 0 Å². The van der Waals surface area contributed by atoms with Crippen LogP contribution in [0.1, 0.15) is 24.4 Å². The second kappa shape index (κ2) is 4.28. The largest absolute Gasteiger partial charge is 0.310 e. The molecule has 1 aliphatic heterocycles. The molecular formula is C10H10Cl3N. The molecule has 0 aliphatic carbocycles. The molecule has 1 heterocycles. The first-order valence-electron chi connectivity index (χ1n) is 4.57. The molecule has 76 valence electrons. The molecule has 1 N–H and O–H groups in total. The molecule has 1 aromatic carbocycles. The van der Waals surface area contributed by atoms with Crippen molar-refractivity contribution in [3.05, 3.63) is 32.8 Å².